The number of piperidine rings is 1. The quantitative estimate of drug-likeness (QED) is 0.484. The lowest BCUT2D eigenvalue weighted by molar-refractivity contribution is -0.129. The van der Waals surface area contributed by atoms with Crippen molar-refractivity contribution in [1.82, 2.24) is 4.90 Å². The van der Waals surface area contributed by atoms with Gasteiger partial charge in [-0.1, -0.05) is 18.7 Å². The van der Waals surface area contributed by atoms with Crippen molar-refractivity contribution in [3.63, 3.8) is 0 Å². The minimum absolute atomic E-state index is 0.0246. The molecule has 0 aromatic carbocycles. The number of likely N-dealkylation sites (tertiary alicyclic amines) is 1. The molecule has 0 aliphatic carbocycles. The average molecular weight is 257 g/mol. The third-order valence-electron chi connectivity index (χ3n) is 2.57. The third kappa shape index (κ3) is 5.08. The molecule has 0 saturated carbocycles. The van der Waals surface area contributed by atoms with Crippen molar-refractivity contribution in [1.29, 1.82) is 5.41 Å². The van der Waals surface area contributed by atoms with Crippen LogP contribution in [0.15, 0.2) is 4.99 Å². The van der Waals surface area contributed by atoms with Crippen molar-refractivity contribution in [2.45, 2.75) is 19.8 Å². The number of aliphatic imine (C=N–C) groups is 1. The van der Waals surface area contributed by atoms with Gasteiger partial charge in [0.15, 0.2) is 11.1 Å². The molecule has 1 unspecified atom stereocenters. The molecule has 1 heterocycles. The summed E-state index contributed by atoms with van der Waals surface area (Å²) in [6, 6.07) is 0. The molecular formula is C10H19N5OS. The van der Waals surface area contributed by atoms with Gasteiger partial charge < -0.3 is 16.4 Å². The molecule has 96 valence electrons. The summed E-state index contributed by atoms with van der Waals surface area (Å²) in [5.74, 6) is 0.691. The summed E-state index contributed by atoms with van der Waals surface area (Å²) in [6.07, 6.45) is 2.24. The summed E-state index contributed by atoms with van der Waals surface area (Å²) in [6.45, 7) is 3.78. The van der Waals surface area contributed by atoms with Crippen LogP contribution in [0, 0.1) is 11.3 Å². The molecule has 5 N–H and O–H groups in total. The molecule has 0 aromatic heterocycles. The molecule has 17 heavy (non-hydrogen) atoms. The number of hydrogen-bond acceptors (Lipinski definition) is 3. The Morgan fingerprint density at radius 3 is 2.88 bits per heavy atom. The van der Waals surface area contributed by atoms with E-state index in [9.17, 15) is 4.79 Å². The lowest BCUT2D eigenvalue weighted by Gasteiger charge is -2.30. The first-order chi connectivity index (χ1) is 7.99. The van der Waals surface area contributed by atoms with E-state index in [4.69, 9.17) is 16.9 Å². The molecule has 1 rings (SSSR count). The number of amidine groups is 1. The Kier molecular flexibility index (Phi) is 5.27. The second-order valence-corrected chi connectivity index (χ2v) is 5.18. The Hall–Kier alpha value is -1.24. The van der Waals surface area contributed by atoms with Gasteiger partial charge in [0, 0.05) is 13.1 Å². The normalized spacial score (nSPS) is 19.8. The van der Waals surface area contributed by atoms with E-state index in [0.717, 1.165) is 31.3 Å². The molecule has 0 radical (unpaired) electrons. The number of nitrogens with zero attached hydrogens (tertiary/aromatic N) is 2. The zero-order valence-electron chi connectivity index (χ0n) is 9.98. The van der Waals surface area contributed by atoms with Crippen LogP contribution >= 0.6 is 11.8 Å². The summed E-state index contributed by atoms with van der Waals surface area (Å²) in [7, 11) is 0. The van der Waals surface area contributed by atoms with E-state index in [1.165, 1.54) is 6.42 Å². The molecule has 1 saturated heterocycles. The van der Waals surface area contributed by atoms with Gasteiger partial charge in [-0.25, -0.2) is 0 Å². The molecule has 1 amide bonds. The number of thioether (sulfide) groups is 1. The number of nitrogens with one attached hydrogen (secondary N) is 1. The SMILES string of the molecule is CC1CCCN(C(=O)CSC(=N)N=C(N)N)C1. The smallest absolute Gasteiger partial charge is 0.233 e. The van der Waals surface area contributed by atoms with Gasteiger partial charge in [0.05, 0.1) is 5.75 Å². The van der Waals surface area contributed by atoms with Crippen LogP contribution in [-0.2, 0) is 4.79 Å². The maximum absolute atomic E-state index is 11.8. The second kappa shape index (κ2) is 6.48. The van der Waals surface area contributed by atoms with E-state index >= 15 is 0 Å². The Labute approximate surface area is 105 Å². The summed E-state index contributed by atoms with van der Waals surface area (Å²) >= 11 is 1.05. The Bertz CT molecular complexity index is 327. The van der Waals surface area contributed by atoms with Crippen LogP contribution in [0.25, 0.3) is 0 Å². The Morgan fingerprint density at radius 2 is 2.29 bits per heavy atom. The number of carbonyl (C=O) groups is 1. The van der Waals surface area contributed by atoms with Crippen LogP contribution in [0.1, 0.15) is 19.8 Å². The highest BCUT2D eigenvalue weighted by molar-refractivity contribution is 8.14. The zero-order valence-corrected chi connectivity index (χ0v) is 10.8. The molecule has 1 aliphatic rings. The van der Waals surface area contributed by atoms with Gasteiger partial charge in [0.2, 0.25) is 5.91 Å². The molecule has 1 aliphatic heterocycles. The van der Waals surface area contributed by atoms with Gasteiger partial charge in [-0.15, -0.1) is 0 Å². The van der Waals surface area contributed by atoms with E-state index in [-0.39, 0.29) is 22.8 Å². The summed E-state index contributed by atoms with van der Waals surface area (Å²) in [5.41, 5.74) is 10.3. The first-order valence-electron chi connectivity index (χ1n) is 5.57. The number of guanidine groups is 1. The maximum atomic E-state index is 11.8. The monoisotopic (exact) mass is 257 g/mol. The fraction of sp³-hybridized carbons (Fsp3) is 0.700. The van der Waals surface area contributed by atoms with Crippen LogP contribution in [0.3, 0.4) is 0 Å². The highest BCUT2D eigenvalue weighted by Gasteiger charge is 2.20. The maximum Gasteiger partial charge on any atom is 0.233 e. The Balaban J connectivity index is 2.34. The largest absolute Gasteiger partial charge is 0.370 e. The highest BCUT2D eigenvalue weighted by Crippen LogP contribution is 2.16. The first-order valence-corrected chi connectivity index (χ1v) is 6.56. The average Bonchev–Trinajstić information content (AvgIpc) is 2.25. The van der Waals surface area contributed by atoms with Crippen molar-refractivity contribution in [2.75, 3.05) is 18.8 Å². The lowest BCUT2D eigenvalue weighted by atomic mass is 10.0. The summed E-state index contributed by atoms with van der Waals surface area (Å²) < 4.78 is 0. The van der Waals surface area contributed by atoms with E-state index in [1.807, 2.05) is 4.90 Å². The van der Waals surface area contributed by atoms with E-state index in [0.29, 0.717) is 5.92 Å². The molecular weight excluding hydrogens is 238 g/mol. The van der Waals surface area contributed by atoms with Crippen LogP contribution in [0.5, 0.6) is 0 Å². The molecule has 1 atom stereocenters. The summed E-state index contributed by atoms with van der Waals surface area (Å²) in [5, 5.41) is 7.39. The van der Waals surface area contributed by atoms with Gasteiger partial charge in [-0.3, -0.25) is 10.2 Å². The molecule has 1 fully saturated rings. The van der Waals surface area contributed by atoms with E-state index in [2.05, 4.69) is 11.9 Å². The zero-order chi connectivity index (χ0) is 12.8. The fourth-order valence-corrected chi connectivity index (χ4v) is 2.40. The van der Waals surface area contributed by atoms with E-state index < -0.39 is 0 Å². The van der Waals surface area contributed by atoms with Crippen LogP contribution in [0.4, 0.5) is 0 Å². The van der Waals surface area contributed by atoms with Crippen LogP contribution < -0.4 is 11.5 Å². The van der Waals surface area contributed by atoms with Gasteiger partial charge in [0.25, 0.3) is 0 Å². The molecule has 6 nitrogen and oxygen atoms in total. The molecule has 0 aromatic rings. The minimum atomic E-state index is -0.151. The van der Waals surface area contributed by atoms with Crippen molar-refractivity contribution in [3.05, 3.63) is 0 Å². The predicted octanol–water partition coefficient (Wildman–Crippen LogP) is 0.186. The molecule has 0 spiro atoms. The predicted molar refractivity (Wildman–Crippen MR) is 71.0 cm³/mol. The number of hydrogen-bond donors (Lipinski definition) is 3. The Morgan fingerprint density at radius 1 is 1.59 bits per heavy atom. The lowest BCUT2D eigenvalue weighted by Crippen LogP contribution is -2.40. The highest BCUT2D eigenvalue weighted by atomic mass is 32.2. The number of carbonyl (C=O) groups excluding carboxylic acids is 1. The first kappa shape index (κ1) is 13.8. The third-order valence-corrected chi connectivity index (χ3v) is 3.33. The summed E-state index contributed by atoms with van der Waals surface area (Å²) in [4.78, 5) is 17.2. The standard InChI is InChI=1S/C10H19N5OS/c1-7-3-2-4-15(5-7)8(16)6-17-10(13)14-9(11)12/h7H,2-6H2,1H3,(H5,11,12,13,14). The second-order valence-electron chi connectivity index (χ2n) is 4.22. The molecule has 7 heteroatoms. The molecule has 0 bridgehead atoms. The van der Waals surface area contributed by atoms with Gasteiger partial charge in [-0.05, 0) is 18.8 Å². The van der Waals surface area contributed by atoms with Crippen molar-refractivity contribution in [3.8, 4) is 0 Å². The van der Waals surface area contributed by atoms with Gasteiger partial charge in [-0.2, -0.15) is 4.99 Å². The van der Waals surface area contributed by atoms with Crippen LogP contribution in [-0.4, -0.2) is 40.8 Å². The minimum Gasteiger partial charge on any atom is -0.370 e. The van der Waals surface area contributed by atoms with Crippen molar-refractivity contribution >= 4 is 28.8 Å². The number of amides is 1. The van der Waals surface area contributed by atoms with Crippen molar-refractivity contribution in [2.24, 2.45) is 22.4 Å². The van der Waals surface area contributed by atoms with Gasteiger partial charge in [0.1, 0.15) is 0 Å². The van der Waals surface area contributed by atoms with Crippen LogP contribution in [0.2, 0.25) is 0 Å². The number of rotatable bonds is 2. The van der Waals surface area contributed by atoms with Crippen molar-refractivity contribution < 1.29 is 4.79 Å². The topological polar surface area (TPSA) is 109 Å². The number of nitrogens with two attached hydrogens (primary N) is 2. The van der Waals surface area contributed by atoms with Gasteiger partial charge >= 0.3 is 0 Å². The van der Waals surface area contributed by atoms with E-state index in [1.54, 1.807) is 0 Å². The fourth-order valence-electron chi connectivity index (χ4n) is 1.79.